The van der Waals surface area contributed by atoms with Gasteiger partial charge in [0.2, 0.25) is 5.91 Å². The van der Waals surface area contributed by atoms with E-state index >= 15 is 0 Å². The maximum Gasteiger partial charge on any atom is 0.315 e. The molecule has 0 radical (unpaired) electrons. The number of amides is 3. The third kappa shape index (κ3) is 5.92. The van der Waals surface area contributed by atoms with Gasteiger partial charge in [0.15, 0.2) is 0 Å². The van der Waals surface area contributed by atoms with E-state index in [9.17, 15) is 9.59 Å². The van der Waals surface area contributed by atoms with Crippen LogP contribution in [0.2, 0.25) is 5.02 Å². The molecule has 6 heteroatoms. The van der Waals surface area contributed by atoms with Crippen molar-refractivity contribution < 1.29 is 9.59 Å². The van der Waals surface area contributed by atoms with Crippen LogP contribution < -0.4 is 16.0 Å². The van der Waals surface area contributed by atoms with Crippen molar-refractivity contribution in [3.8, 4) is 0 Å². The summed E-state index contributed by atoms with van der Waals surface area (Å²) in [5, 5.41) is 9.75. The van der Waals surface area contributed by atoms with Crippen LogP contribution in [0.15, 0.2) is 24.3 Å². The molecule has 3 N–H and O–H groups in total. The molecule has 1 aromatic rings. The number of carbonyl (C=O) groups is 2. The second-order valence-electron chi connectivity index (χ2n) is 7.17. The number of nitrogens with one attached hydrogen (secondary N) is 3. The fourth-order valence-corrected chi connectivity index (χ4v) is 3.43. The molecule has 3 rings (SSSR count). The van der Waals surface area contributed by atoms with Crippen LogP contribution in [-0.2, 0) is 11.2 Å². The molecule has 1 aromatic carbocycles. The predicted octanol–water partition coefficient (Wildman–Crippen LogP) is 3.02. The Morgan fingerprint density at radius 1 is 0.960 bits per heavy atom. The zero-order chi connectivity index (χ0) is 17.6. The third-order valence-electron chi connectivity index (χ3n) is 4.95. The highest BCUT2D eigenvalue weighted by atomic mass is 35.5. The van der Waals surface area contributed by atoms with Crippen LogP contribution in [0.5, 0.6) is 0 Å². The first-order chi connectivity index (χ1) is 12.1. The molecule has 5 nitrogen and oxygen atoms in total. The summed E-state index contributed by atoms with van der Waals surface area (Å²) < 4.78 is 0. The predicted molar refractivity (Wildman–Crippen MR) is 98.6 cm³/mol. The normalized spacial score (nSPS) is 22.9. The Labute approximate surface area is 153 Å². The summed E-state index contributed by atoms with van der Waals surface area (Å²) in [6.07, 6.45) is 6.72. The van der Waals surface area contributed by atoms with Gasteiger partial charge in [-0.1, -0.05) is 36.6 Å². The molecular weight excluding hydrogens is 338 g/mol. The molecule has 3 amide bonds. The van der Waals surface area contributed by atoms with Gasteiger partial charge in [0.25, 0.3) is 0 Å². The molecule has 2 aliphatic rings. The van der Waals surface area contributed by atoms with E-state index in [0.717, 1.165) is 37.8 Å². The van der Waals surface area contributed by atoms with E-state index in [0.29, 0.717) is 17.4 Å². The average Bonchev–Trinajstić information content (AvgIpc) is 3.41. The van der Waals surface area contributed by atoms with Gasteiger partial charge in [0.05, 0.1) is 12.5 Å². The van der Waals surface area contributed by atoms with Crippen LogP contribution in [0, 0.1) is 5.92 Å². The van der Waals surface area contributed by atoms with Gasteiger partial charge in [-0.3, -0.25) is 4.79 Å². The smallest absolute Gasteiger partial charge is 0.315 e. The molecule has 0 spiro atoms. The monoisotopic (exact) mass is 363 g/mol. The van der Waals surface area contributed by atoms with Crippen LogP contribution in [0.25, 0.3) is 0 Å². The van der Waals surface area contributed by atoms with E-state index in [2.05, 4.69) is 16.0 Å². The molecule has 2 fully saturated rings. The van der Waals surface area contributed by atoms with Crippen LogP contribution in [-0.4, -0.2) is 30.6 Å². The van der Waals surface area contributed by atoms with Crippen LogP contribution in [0.4, 0.5) is 4.79 Å². The Morgan fingerprint density at radius 2 is 1.60 bits per heavy atom. The third-order valence-corrected chi connectivity index (χ3v) is 5.21. The first-order valence-electron chi connectivity index (χ1n) is 9.18. The minimum atomic E-state index is -0.115. The lowest BCUT2D eigenvalue weighted by molar-refractivity contribution is -0.121. The van der Waals surface area contributed by atoms with E-state index in [4.69, 9.17) is 11.6 Å². The Balaban J connectivity index is 1.48. The zero-order valence-corrected chi connectivity index (χ0v) is 15.1. The standard InChI is InChI=1S/C19H26ClN3O2/c20-15-9-7-13(8-10-15)11-18(24)22-16-3-1-2-4-17(16)23-19(25)21-12-14-5-6-14/h7-10,14,16-17H,1-6,11-12H2,(H,22,24)(H2,21,23,25). The summed E-state index contributed by atoms with van der Waals surface area (Å²) in [5.74, 6) is 0.645. The molecular formula is C19H26ClN3O2. The number of benzene rings is 1. The van der Waals surface area contributed by atoms with Gasteiger partial charge in [-0.05, 0) is 49.3 Å². The molecule has 25 heavy (non-hydrogen) atoms. The molecule has 136 valence electrons. The molecule has 0 aliphatic heterocycles. The van der Waals surface area contributed by atoms with Crippen molar-refractivity contribution in [1.82, 2.24) is 16.0 Å². The zero-order valence-electron chi connectivity index (χ0n) is 14.4. The molecule has 0 aromatic heterocycles. The summed E-state index contributed by atoms with van der Waals surface area (Å²) >= 11 is 5.87. The number of urea groups is 1. The Morgan fingerprint density at radius 3 is 2.24 bits per heavy atom. The fraction of sp³-hybridized carbons (Fsp3) is 0.579. The molecule has 2 aliphatic carbocycles. The lowest BCUT2D eigenvalue weighted by Crippen LogP contribution is -2.55. The number of hydrogen-bond acceptors (Lipinski definition) is 2. The molecule has 2 atom stereocenters. The highest BCUT2D eigenvalue weighted by Crippen LogP contribution is 2.27. The van der Waals surface area contributed by atoms with Gasteiger partial charge in [0.1, 0.15) is 0 Å². The van der Waals surface area contributed by atoms with Gasteiger partial charge in [-0.25, -0.2) is 4.79 Å². The van der Waals surface area contributed by atoms with Gasteiger partial charge in [-0.2, -0.15) is 0 Å². The van der Waals surface area contributed by atoms with E-state index in [1.807, 2.05) is 12.1 Å². The topological polar surface area (TPSA) is 70.2 Å². The molecule has 0 bridgehead atoms. The van der Waals surface area contributed by atoms with E-state index < -0.39 is 0 Å². The number of hydrogen-bond donors (Lipinski definition) is 3. The van der Waals surface area contributed by atoms with Crippen LogP contribution >= 0.6 is 11.6 Å². The lowest BCUT2D eigenvalue weighted by Gasteiger charge is -2.32. The number of rotatable bonds is 6. The summed E-state index contributed by atoms with van der Waals surface area (Å²) in [6, 6.07) is 7.20. The van der Waals surface area contributed by atoms with E-state index in [1.54, 1.807) is 12.1 Å². The van der Waals surface area contributed by atoms with Crippen molar-refractivity contribution in [3.63, 3.8) is 0 Å². The Bertz CT molecular complexity index is 601. The van der Waals surface area contributed by atoms with Crippen molar-refractivity contribution in [2.45, 2.75) is 57.0 Å². The minimum absolute atomic E-state index is 0.000209. The van der Waals surface area contributed by atoms with Gasteiger partial charge in [0, 0.05) is 17.6 Å². The second kappa shape index (κ2) is 8.56. The molecule has 0 saturated heterocycles. The second-order valence-corrected chi connectivity index (χ2v) is 7.60. The first kappa shape index (κ1) is 18.1. The van der Waals surface area contributed by atoms with Crippen molar-refractivity contribution in [3.05, 3.63) is 34.9 Å². The van der Waals surface area contributed by atoms with E-state index in [1.165, 1.54) is 12.8 Å². The molecule has 2 saturated carbocycles. The van der Waals surface area contributed by atoms with Gasteiger partial charge in [-0.15, -0.1) is 0 Å². The van der Waals surface area contributed by atoms with Crippen molar-refractivity contribution in [2.24, 2.45) is 5.92 Å². The molecule has 2 unspecified atom stereocenters. The summed E-state index contributed by atoms with van der Waals surface area (Å²) in [6.45, 7) is 0.756. The van der Waals surface area contributed by atoms with Crippen LogP contribution in [0.3, 0.4) is 0 Å². The summed E-state index contributed by atoms with van der Waals surface area (Å²) in [7, 11) is 0. The largest absolute Gasteiger partial charge is 0.351 e. The Kier molecular flexibility index (Phi) is 6.19. The van der Waals surface area contributed by atoms with E-state index in [-0.39, 0.29) is 24.0 Å². The quantitative estimate of drug-likeness (QED) is 0.727. The SMILES string of the molecule is O=C(Cc1ccc(Cl)cc1)NC1CCCCC1NC(=O)NCC1CC1. The van der Waals surface area contributed by atoms with Crippen LogP contribution in [0.1, 0.15) is 44.1 Å². The summed E-state index contributed by atoms with van der Waals surface area (Å²) in [5.41, 5.74) is 0.935. The number of carbonyl (C=O) groups excluding carboxylic acids is 2. The lowest BCUT2D eigenvalue weighted by atomic mass is 9.90. The first-order valence-corrected chi connectivity index (χ1v) is 9.56. The summed E-state index contributed by atoms with van der Waals surface area (Å²) in [4.78, 5) is 24.4. The maximum absolute atomic E-state index is 12.3. The van der Waals surface area contributed by atoms with Crippen molar-refractivity contribution >= 4 is 23.5 Å². The number of halogens is 1. The fourth-order valence-electron chi connectivity index (χ4n) is 3.30. The minimum Gasteiger partial charge on any atom is -0.351 e. The maximum atomic E-state index is 12.3. The average molecular weight is 364 g/mol. The molecule has 0 heterocycles. The Hall–Kier alpha value is -1.75. The van der Waals surface area contributed by atoms with Gasteiger partial charge >= 0.3 is 6.03 Å². The van der Waals surface area contributed by atoms with Crippen molar-refractivity contribution in [1.29, 1.82) is 0 Å². The highest BCUT2D eigenvalue weighted by molar-refractivity contribution is 6.30. The van der Waals surface area contributed by atoms with Gasteiger partial charge < -0.3 is 16.0 Å². The van der Waals surface area contributed by atoms with Crippen molar-refractivity contribution in [2.75, 3.05) is 6.54 Å². The highest BCUT2D eigenvalue weighted by Gasteiger charge is 2.28.